The van der Waals surface area contributed by atoms with Crippen LogP contribution in [0.2, 0.25) is 0 Å². The number of hydrogen-bond acceptors (Lipinski definition) is 1. The summed E-state index contributed by atoms with van der Waals surface area (Å²) in [5.41, 5.74) is 6.58. The van der Waals surface area contributed by atoms with Gasteiger partial charge < -0.3 is 5.32 Å². The van der Waals surface area contributed by atoms with Crippen molar-refractivity contribution in [2.45, 2.75) is 12.5 Å². The molecule has 0 fully saturated rings. The van der Waals surface area contributed by atoms with E-state index in [1.54, 1.807) is 0 Å². The van der Waals surface area contributed by atoms with Crippen LogP contribution in [-0.2, 0) is 6.42 Å². The van der Waals surface area contributed by atoms with Gasteiger partial charge in [-0.2, -0.15) is 0 Å². The average Bonchev–Trinajstić information content (AvgIpc) is 3.00. The molecule has 3 aromatic carbocycles. The molecule has 1 aliphatic rings. The van der Waals surface area contributed by atoms with Gasteiger partial charge in [-0.3, -0.25) is 0 Å². The van der Waals surface area contributed by atoms with Gasteiger partial charge in [0.15, 0.2) is 0 Å². The molecule has 0 saturated carbocycles. The molecule has 0 radical (unpaired) electrons. The van der Waals surface area contributed by atoms with Crippen LogP contribution in [0.15, 0.2) is 78.9 Å². The Kier molecular flexibility index (Phi) is 2.97. The van der Waals surface area contributed by atoms with E-state index in [9.17, 15) is 0 Å². The first-order valence-corrected chi connectivity index (χ1v) is 7.40. The summed E-state index contributed by atoms with van der Waals surface area (Å²) in [5, 5.41) is 3.61. The van der Waals surface area contributed by atoms with Crippen LogP contribution < -0.4 is 5.32 Å². The van der Waals surface area contributed by atoms with Crippen LogP contribution in [-0.4, -0.2) is 0 Å². The van der Waals surface area contributed by atoms with Crippen LogP contribution in [0.5, 0.6) is 0 Å². The molecule has 1 atom stereocenters. The molecule has 1 nitrogen and oxygen atoms in total. The molecule has 0 bridgehead atoms. The summed E-state index contributed by atoms with van der Waals surface area (Å²) in [6, 6.07) is 28.4. The fourth-order valence-corrected chi connectivity index (χ4v) is 3.04. The van der Waals surface area contributed by atoms with Crippen LogP contribution in [0.3, 0.4) is 0 Å². The number of para-hydroxylation sites is 1. The third kappa shape index (κ3) is 2.31. The van der Waals surface area contributed by atoms with Gasteiger partial charge >= 0.3 is 0 Å². The van der Waals surface area contributed by atoms with E-state index in [4.69, 9.17) is 0 Å². The molecule has 21 heavy (non-hydrogen) atoms. The monoisotopic (exact) mass is 271 g/mol. The van der Waals surface area contributed by atoms with E-state index < -0.39 is 0 Å². The largest absolute Gasteiger partial charge is 0.378 e. The van der Waals surface area contributed by atoms with Crippen molar-refractivity contribution < 1.29 is 0 Å². The summed E-state index contributed by atoms with van der Waals surface area (Å²) in [5.74, 6) is 0. The van der Waals surface area contributed by atoms with Gasteiger partial charge in [-0.25, -0.2) is 0 Å². The minimum absolute atomic E-state index is 0.396. The average molecular weight is 271 g/mol. The lowest BCUT2D eigenvalue weighted by Crippen LogP contribution is -2.05. The lowest BCUT2D eigenvalue weighted by atomic mass is 9.99. The molecule has 0 spiro atoms. The zero-order chi connectivity index (χ0) is 14.1. The van der Waals surface area contributed by atoms with Gasteiger partial charge in [0.25, 0.3) is 0 Å². The molecule has 0 aliphatic carbocycles. The lowest BCUT2D eigenvalue weighted by Gasteiger charge is -2.12. The van der Waals surface area contributed by atoms with Gasteiger partial charge in [0.2, 0.25) is 0 Å². The minimum Gasteiger partial charge on any atom is -0.378 e. The molecular formula is C20H17N. The predicted octanol–water partition coefficient (Wildman–Crippen LogP) is 5.06. The van der Waals surface area contributed by atoms with Gasteiger partial charge in [-0.05, 0) is 34.7 Å². The molecule has 1 heteroatoms. The standard InChI is InChI=1S/C20H17N/c1-2-6-15(7-3-1)16-10-12-17(13-11-16)20-14-18-8-4-5-9-19(18)21-20/h1-13,20-21H,14H2. The number of nitrogens with one attached hydrogen (secondary N) is 1. The SMILES string of the molecule is c1ccc(-c2ccc(C3Cc4ccccc4N3)cc2)cc1. The fourth-order valence-electron chi connectivity index (χ4n) is 3.04. The Bertz CT molecular complexity index is 719. The van der Waals surface area contributed by atoms with E-state index in [0.29, 0.717) is 6.04 Å². The molecule has 1 aliphatic heterocycles. The van der Waals surface area contributed by atoms with E-state index in [2.05, 4.69) is 84.2 Å². The topological polar surface area (TPSA) is 12.0 Å². The number of fused-ring (bicyclic) bond motifs is 1. The van der Waals surface area contributed by atoms with Crippen LogP contribution >= 0.6 is 0 Å². The zero-order valence-electron chi connectivity index (χ0n) is 11.8. The summed E-state index contributed by atoms with van der Waals surface area (Å²) in [6.45, 7) is 0. The lowest BCUT2D eigenvalue weighted by molar-refractivity contribution is 0.824. The Labute approximate surface area is 125 Å². The molecule has 1 unspecified atom stereocenters. The second kappa shape index (κ2) is 5.10. The first kappa shape index (κ1) is 12.2. The van der Waals surface area contributed by atoms with Gasteiger partial charge in [-0.15, -0.1) is 0 Å². The molecule has 1 N–H and O–H groups in total. The van der Waals surface area contributed by atoms with Crippen molar-refractivity contribution in [3.8, 4) is 11.1 Å². The molecule has 0 amide bonds. The van der Waals surface area contributed by atoms with Gasteiger partial charge in [0.05, 0.1) is 6.04 Å². The number of rotatable bonds is 2. The molecule has 0 saturated heterocycles. The summed E-state index contributed by atoms with van der Waals surface area (Å²) in [4.78, 5) is 0. The Morgan fingerprint density at radius 1 is 0.667 bits per heavy atom. The second-order valence-electron chi connectivity index (χ2n) is 5.55. The summed E-state index contributed by atoms with van der Waals surface area (Å²) < 4.78 is 0. The minimum atomic E-state index is 0.396. The van der Waals surface area contributed by atoms with Crippen molar-refractivity contribution in [2.24, 2.45) is 0 Å². The van der Waals surface area contributed by atoms with Crippen molar-refractivity contribution in [1.29, 1.82) is 0 Å². The van der Waals surface area contributed by atoms with Gasteiger partial charge in [-0.1, -0.05) is 72.8 Å². The van der Waals surface area contributed by atoms with E-state index in [-0.39, 0.29) is 0 Å². The highest BCUT2D eigenvalue weighted by atomic mass is 14.9. The van der Waals surface area contributed by atoms with Crippen LogP contribution in [0.4, 0.5) is 5.69 Å². The molecule has 3 aromatic rings. The molecular weight excluding hydrogens is 254 g/mol. The third-order valence-corrected chi connectivity index (χ3v) is 4.19. The van der Waals surface area contributed by atoms with E-state index in [1.807, 2.05) is 0 Å². The third-order valence-electron chi connectivity index (χ3n) is 4.19. The molecule has 1 heterocycles. The van der Waals surface area contributed by atoms with Crippen molar-refractivity contribution in [2.75, 3.05) is 5.32 Å². The van der Waals surface area contributed by atoms with Crippen molar-refractivity contribution in [3.63, 3.8) is 0 Å². The predicted molar refractivity (Wildman–Crippen MR) is 88.4 cm³/mol. The Morgan fingerprint density at radius 3 is 2.10 bits per heavy atom. The van der Waals surface area contributed by atoms with E-state index in [1.165, 1.54) is 27.9 Å². The van der Waals surface area contributed by atoms with E-state index >= 15 is 0 Å². The normalized spacial score (nSPS) is 16.3. The van der Waals surface area contributed by atoms with Crippen molar-refractivity contribution in [3.05, 3.63) is 90.0 Å². The first-order valence-electron chi connectivity index (χ1n) is 7.40. The molecule has 4 rings (SSSR count). The van der Waals surface area contributed by atoms with Gasteiger partial charge in [0.1, 0.15) is 0 Å². The molecule has 0 aromatic heterocycles. The first-order chi connectivity index (χ1) is 10.4. The number of benzene rings is 3. The Morgan fingerprint density at radius 2 is 1.33 bits per heavy atom. The van der Waals surface area contributed by atoms with Gasteiger partial charge in [0, 0.05) is 5.69 Å². The maximum absolute atomic E-state index is 3.61. The highest BCUT2D eigenvalue weighted by Crippen LogP contribution is 2.34. The maximum atomic E-state index is 3.61. The summed E-state index contributed by atoms with van der Waals surface area (Å²) in [6.07, 6.45) is 1.07. The van der Waals surface area contributed by atoms with E-state index in [0.717, 1.165) is 6.42 Å². The highest BCUT2D eigenvalue weighted by Gasteiger charge is 2.21. The highest BCUT2D eigenvalue weighted by molar-refractivity contribution is 5.64. The van der Waals surface area contributed by atoms with Crippen molar-refractivity contribution in [1.82, 2.24) is 0 Å². The fraction of sp³-hybridized carbons (Fsp3) is 0.100. The Hall–Kier alpha value is -2.54. The summed E-state index contributed by atoms with van der Waals surface area (Å²) in [7, 11) is 0. The van der Waals surface area contributed by atoms with Crippen LogP contribution in [0.25, 0.3) is 11.1 Å². The van der Waals surface area contributed by atoms with Crippen molar-refractivity contribution >= 4 is 5.69 Å². The number of hydrogen-bond donors (Lipinski definition) is 1. The summed E-state index contributed by atoms with van der Waals surface area (Å²) >= 11 is 0. The Balaban J connectivity index is 1.58. The molecule has 102 valence electrons. The zero-order valence-corrected chi connectivity index (χ0v) is 11.8. The van der Waals surface area contributed by atoms with Crippen LogP contribution in [0.1, 0.15) is 17.2 Å². The second-order valence-corrected chi connectivity index (χ2v) is 5.55. The smallest absolute Gasteiger partial charge is 0.0555 e. The van der Waals surface area contributed by atoms with Crippen LogP contribution in [0, 0.1) is 0 Å². The maximum Gasteiger partial charge on any atom is 0.0555 e. The number of anilines is 1. The quantitative estimate of drug-likeness (QED) is 0.686.